The predicted molar refractivity (Wildman–Crippen MR) is 81.4 cm³/mol. The molecule has 108 valence electrons. The standard InChI is InChI=1S/C16H18N4O/c1-4-20-14-8-6-5-7-13(14)18-16(20)9-15(21)12-10-17-19(3)11(12)2/h5-8,10H,4,9H2,1-3H3. The Balaban J connectivity index is 1.98. The molecule has 0 aliphatic rings. The molecule has 0 spiro atoms. The highest BCUT2D eigenvalue weighted by Crippen LogP contribution is 2.18. The van der Waals surface area contributed by atoms with Crippen molar-refractivity contribution in [3.63, 3.8) is 0 Å². The molecule has 2 heterocycles. The van der Waals surface area contributed by atoms with Crippen LogP contribution in [-0.2, 0) is 20.0 Å². The first kappa shape index (κ1) is 13.5. The van der Waals surface area contributed by atoms with Gasteiger partial charge in [0.05, 0.1) is 29.2 Å². The Labute approximate surface area is 123 Å². The van der Waals surface area contributed by atoms with Crippen LogP contribution in [0, 0.1) is 6.92 Å². The SMILES string of the molecule is CCn1c(CC(=O)c2cnn(C)c2C)nc2ccccc21. The first-order chi connectivity index (χ1) is 10.1. The molecular formula is C16H18N4O. The van der Waals surface area contributed by atoms with Crippen LogP contribution in [0.3, 0.4) is 0 Å². The number of hydrogen-bond donors (Lipinski definition) is 0. The molecule has 0 unspecified atom stereocenters. The molecule has 0 aliphatic carbocycles. The third kappa shape index (κ3) is 2.24. The second-order valence-corrected chi connectivity index (χ2v) is 5.13. The third-order valence-corrected chi connectivity index (χ3v) is 3.90. The number of carbonyl (C=O) groups excluding carboxylic acids is 1. The lowest BCUT2D eigenvalue weighted by Crippen LogP contribution is -2.10. The van der Waals surface area contributed by atoms with Gasteiger partial charge in [-0.25, -0.2) is 4.98 Å². The van der Waals surface area contributed by atoms with Gasteiger partial charge in [0.15, 0.2) is 5.78 Å². The van der Waals surface area contributed by atoms with Crippen LogP contribution < -0.4 is 0 Å². The molecule has 21 heavy (non-hydrogen) atoms. The average molecular weight is 282 g/mol. The number of hydrogen-bond acceptors (Lipinski definition) is 3. The minimum Gasteiger partial charge on any atom is -0.328 e. The van der Waals surface area contributed by atoms with Crippen molar-refractivity contribution in [3.05, 3.63) is 47.5 Å². The topological polar surface area (TPSA) is 52.7 Å². The number of imidazole rings is 1. The molecule has 0 saturated heterocycles. The predicted octanol–water partition coefficient (Wildman–Crippen LogP) is 2.52. The van der Waals surface area contributed by atoms with Crippen LogP contribution in [0.5, 0.6) is 0 Å². The lowest BCUT2D eigenvalue weighted by molar-refractivity contribution is 0.0989. The second kappa shape index (κ2) is 5.16. The smallest absolute Gasteiger partial charge is 0.173 e. The van der Waals surface area contributed by atoms with Gasteiger partial charge >= 0.3 is 0 Å². The van der Waals surface area contributed by atoms with Gasteiger partial charge in [-0.1, -0.05) is 12.1 Å². The van der Waals surface area contributed by atoms with E-state index in [1.54, 1.807) is 10.9 Å². The fraction of sp³-hybridized carbons (Fsp3) is 0.312. The highest BCUT2D eigenvalue weighted by Gasteiger charge is 2.17. The number of aryl methyl sites for hydroxylation is 2. The fourth-order valence-corrected chi connectivity index (χ4v) is 2.62. The molecule has 0 atom stereocenters. The highest BCUT2D eigenvalue weighted by molar-refractivity contribution is 5.98. The maximum absolute atomic E-state index is 12.5. The summed E-state index contributed by atoms with van der Waals surface area (Å²) in [6.45, 7) is 4.77. The Hall–Kier alpha value is -2.43. The Morgan fingerprint density at radius 2 is 2.05 bits per heavy atom. The number of para-hydroxylation sites is 2. The molecule has 0 amide bonds. The summed E-state index contributed by atoms with van der Waals surface area (Å²) < 4.78 is 3.81. The number of ketones is 1. The lowest BCUT2D eigenvalue weighted by atomic mass is 10.1. The van der Waals surface area contributed by atoms with E-state index in [9.17, 15) is 4.79 Å². The lowest BCUT2D eigenvalue weighted by Gasteiger charge is -2.05. The molecule has 5 nitrogen and oxygen atoms in total. The van der Waals surface area contributed by atoms with Gasteiger partial charge in [0, 0.05) is 19.3 Å². The van der Waals surface area contributed by atoms with Crippen molar-refractivity contribution in [1.29, 1.82) is 0 Å². The van der Waals surface area contributed by atoms with E-state index in [-0.39, 0.29) is 5.78 Å². The maximum atomic E-state index is 12.5. The molecule has 0 N–H and O–H groups in total. The van der Waals surface area contributed by atoms with Crippen LogP contribution in [0.4, 0.5) is 0 Å². The molecule has 5 heteroatoms. The number of rotatable bonds is 4. The number of aromatic nitrogens is 4. The number of nitrogens with zero attached hydrogens (tertiary/aromatic N) is 4. The third-order valence-electron chi connectivity index (χ3n) is 3.90. The average Bonchev–Trinajstić information content (AvgIpc) is 2.99. The van der Waals surface area contributed by atoms with Crippen molar-refractivity contribution in [1.82, 2.24) is 19.3 Å². The summed E-state index contributed by atoms with van der Waals surface area (Å²) in [5.41, 5.74) is 3.57. The highest BCUT2D eigenvalue weighted by atomic mass is 16.1. The van der Waals surface area contributed by atoms with Gasteiger partial charge in [-0.3, -0.25) is 9.48 Å². The van der Waals surface area contributed by atoms with Crippen molar-refractivity contribution in [2.45, 2.75) is 26.8 Å². The molecule has 0 radical (unpaired) electrons. The molecule has 2 aromatic heterocycles. The summed E-state index contributed by atoms with van der Waals surface area (Å²) in [5, 5.41) is 4.13. The normalized spacial score (nSPS) is 11.2. The summed E-state index contributed by atoms with van der Waals surface area (Å²) in [4.78, 5) is 17.1. The van der Waals surface area contributed by atoms with Crippen molar-refractivity contribution >= 4 is 16.8 Å². The van der Waals surface area contributed by atoms with Crippen molar-refractivity contribution in [3.8, 4) is 0 Å². The van der Waals surface area contributed by atoms with Gasteiger partial charge in [-0.2, -0.15) is 5.10 Å². The monoisotopic (exact) mass is 282 g/mol. The number of benzene rings is 1. The van der Waals surface area contributed by atoms with E-state index in [0.717, 1.165) is 29.1 Å². The zero-order valence-corrected chi connectivity index (χ0v) is 12.5. The number of carbonyl (C=O) groups is 1. The van der Waals surface area contributed by atoms with Crippen molar-refractivity contribution < 1.29 is 4.79 Å². The summed E-state index contributed by atoms with van der Waals surface area (Å²) >= 11 is 0. The quantitative estimate of drug-likeness (QED) is 0.691. The van der Waals surface area contributed by atoms with E-state index >= 15 is 0 Å². The van der Waals surface area contributed by atoms with E-state index in [1.165, 1.54) is 0 Å². The van der Waals surface area contributed by atoms with E-state index in [4.69, 9.17) is 0 Å². The van der Waals surface area contributed by atoms with Crippen LogP contribution in [0.25, 0.3) is 11.0 Å². The van der Waals surface area contributed by atoms with Crippen LogP contribution in [-0.4, -0.2) is 25.1 Å². The molecule has 0 bridgehead atoms. The number of fused-ring (bicyclic) bond motifs is 1. The minimum absolute atomic E-state index is 0.0607. The van der Waals surface area contributed by atoms with Crippen LogP contribution in [0.2, 0.25) is 0 Å². The largest absolute Gasteiger partial charge is 0.328 e. The van der Waals surface area contributed by atoms with Crippen LogP contribution >= 0.6 is 0 Å². The van der Waals surface area contributed by atoms with Crippen LogP contribution in [0.1, 0.15) is 28.8 Å². The molecule has 0 saturated carbocycles. The zero-order valence-electron chi connectivity index (χ0n) is 12.5. The molecule has 0 fully saturated rings. The van der Waals surface area contributed by atoms with Gasteiger partial charge < -0.3 is 4.57 Å². The molecule has 1 aromatic carbocycles. The molecule has 3 aromatic rings. The summed E-state index contributed by atoms with van der Waals surface area (Å²) in [7, 11) is 1.84. The van der Waals surface area contributed by atoms with Gasteiger partial charge in [-0.05, 0) is 26.0 Å². The van der Waals surface area contributed by atoms with Gasteiger partial charge in [0.1, 0.15) is 5.82 Å². The van der Waals surface area contributed by atoms with Gasteiger partial charge in [0.25, 0.3) is 0 Å². The Bertz CT molecular complexity index is 813. The van der Waals surface area contributed by atoms with E-state index in [0.29, 0.717) is 12.0 Å². The van der Waals surface area contributed by atoms with E-state index < -0.39 is 0 Å². The second-order valence-electron chi connectivity index (χ2n) is 5.13. The molecule has 0 aliphatic heterocycles. The fourth-order valence-electron chi connectivity index (χ4n) is 2.62. The summed E-state index contributed by atoms with van der Waals surface area (Å²) in [6, 6.07) is 7.97. The van der Waals surface area contributed by atoms with Gasteiger partial charge in [-0.15, -0.1) is 0 Å². The molecule has 3 rings (SSSR count). The minimum atomic E-state index is 0.0607. The number of Topliss-reactive ketones (excluding diaryl/α,β-unsaturated/α-hetero) is 1. The van der Waals surface area contributed by atoms with E-state index in [1.807, 2.05) is 38.2 Å². The zero-order chi connectivity index (χ0) is 15.0. The Morgan fingerprint density at radius 3 is 2.71 bits per heavy atom. The summed E-state index contributed by atoms with van der Waals surface area (Å²) in [5.74, 6) is 0.873. The Kier molecular flexibility index (Phi) is 3.33. The molecular weight excluding hydrogens is 264 g/mol. The van der Waals surface area contributed by atoms with E-state index in [2.05, 4.69) is 21.6 Å². The first-order valence-electron chi connectivity index (χ1n) is 7.07. The van der Waals surface area contributed by atoms with Crippen LogP contribution in [0.15, 0.2) is 30.5 Å². The Morgan fingerprint density at radius 1 is 1.29 bits per heavy atom. The van der Waals surface area contributed by atoms with Crippen molar-refractivity contribution in [2.24, 2.45) is 7.05 Å². The van der Waals surface area contributed by atoms with Crippen molar-refractivity contribution in [2.75, 3.05) is 0 Å². The maximum Gasteiger partial charge on any atom is 0.173 e. The summed E-state index contributed by atoms with van der Waals surface area (Å²) in [6.07, 6.45) is 1.94. The van der Waals surface area contributed by atoms with Gasteiger partial charge in [0.2, 0.25) is 0 Å². The first-order valence-corrected chi connectivity index (χ1v) is 7.07.